The molecule has 0 saturated heterocycles. The van der Waals surface area contributed by atoms with E-state index in [1.54, 1.807) is 0 Å². The van der Waals surface area contributed by atoms with Gasteiger partial charge in [0.1, 0.15) is 0 Å². The van der Waals surface area contributed by atoms with Crippen LogP contribution in [0.25, 0.3) is 88.0 Å². The Morgan fingerprint density at radius 2 is 0.841 bits per heavy atom. The molecule has 0 radical (unpaired) electrons. The number of hydrogen-bond donors (Lipinski definition) is 0. The first kappa shape index (κ1) is 25.0. The van der Waals surface area contributed by atoms with E-state index < -0.39 is 0 Å². The number of aromatic nitrogens is 1. The molecule has 206 valence electrons. The molecule has 1 aliphatic rings. The summed E-state index contributed by atoms with van der Waals surface area (Å²) in [4.78, 5) is 4.77. The highest BCUT2D eigenvalue weighted by atomic mass is 14.7. The summed E-state index contributed by atoms with van der Waals surface area (Å²) in [6.45, 7) is 4.21. The lowest BCUT2D eigenvalue weighted by Crippen LogP contribution is -1.93. The topological polar surface area (TPSA) is 12.9 Å². The second-order valence-electron chi connectivity index (χ2n) is 11.9. The maximum absolute atomic E-state index is 4.77. The summed E-state index contributed by atoms with van der Waals surface area (Å²) in [6, 6.07) is 51.3. The molecule has 1 heterocycles. The monoisotopic (exact) mass is 559 g/mol. The summed E-state index contributed by atoms with van der Waals surface area (Å²) < 4.78 is 0. The van der Waals surface area contributed by atoms with Crippen molar-refractivity contribution < 1.29 is 0 Å². The zero-order valence-corrected chi connectivity index (χ0v) is 24.7. The van der Waals surface area contributed by atoms with Crippen molar-refractivity contribution in [3.8, 4) is 55.6 Å². The molecule has 0 N–H and O–H groups in total. The van der Waals surface area contributed by atoms with Crippen LogP contribution in [-0.4, -0.2) is 4.98 Å². The SMILES string of the molecule is Cc1cc2c(-c3ccc4c5c(cccc35)-c3c-4c(-c4ccccc4)c4ccccc4c3-c3ccccc3)cccc2c(C)n1. The van der Waals surface area contributed by atoms with Gasteiger partial charge in [-0.3, -0.25) is 4.98 Å². The summed E-state index contributed by atoms with van der Waals surface area (Å²) in [6.07, 6.45) is 0. The minimum Gasteiger partial charge on any atom is -0.258 e. The van der Waals surface area contributed by atoms with Gasteiger partial charge in [-0.15, -0.1) is 0 Å². The van der Waals surface area contributed by atoms with E-state index in [1.807, 2.05) is 0 Å². The summed E-state index contributed by atoms with van der Waals surface area (Å²) in [7, 11) is 0. The van der Waals surface area contributed by atoms with Crippen molar-refractivity contribution in [3.05, 3.63) is 151 Å². The Balaban J connectivity index is 1.45. The lowest BCUT2D eigenvalue weighted by Gasteiger charge is -2.20. The molecular formula is C43H29N. The first-order chi connectivity index (χ1) is 21.7. The molecule has 0 unspecified atom stereocenters. The van der Waals surface area contributed by atoms with Crippen LogP contribution >= 0.6 is 0 Å². The Morgan fingerprint density at radius 3 is 1.48 bits per heavy atom. The van der Waals surface area contributed by atoms with Gasteiger partial charge >= 0.3 is 0 Å². The van der Waals surface area contributed by atoms with Crippen LogP contribution in [0.4, 0.5) is 0 Å². The summed E-state index contributed by atoms with van der Waals surface area (Å²) in [5.74, 6) is 0. The largest absolute Gasteiger partial charge is 0.258 e. The van der Waals surface area contributed by atoms with E-state index in [-0.39, 0.29) is 0 Å². The summed E-state index contributed by atoms with van der Waals surface area (Å²) in [5, 5.41) is 7.67. The second kappa shape index (κ2) is 9.49. The van der Waals surface area contributed by atoms with Gasteiger partial charge in [-0.05, 0) is 102 Å². The quantitative estimate of drug-likeness (QED) is 0.210. The average molecular weight is 560 g/mol. The van der Waals surface area contributed by atoms with Crippen LogP contribution in [0.3, 0.4) is 0 Å². The van der Waals surface area contributed by atoms with Crippen molar-refractivity contribution in [1.82, 2.24) is 4.98 Å². The Labute approximate surface area is 257 Å². The zero-order valence-electron chi connectivity index (χ0n) is 24.7. The molecule has 44 heavy (non-hydrogen) atoms. The molecule has 1 nitrogen and oxygen atoms in total. The molecule has 0 fully saturated rings. The minimum atomic E-state index is 1.05. The summed E-state index contributed by atoms with van der Waals surface area (Å²) >= 11 is 0. The fourth-order valence-electron chi connectivity index (χ4n) is 7.68. The third-order valence-electron chi connectivity index (χ3n) is 9.40. The normalized spacial score (nSPS) is 11.9. The first-order valence-electron chi connectivity index (χ1n) is 15.3. The maximum atomic E-state index is 4.77. The van der Waals surface area contributed by atoms with Crippen LogP contribution in [0.5, 0.6) is 0 Å². The fraction of sp³-hybridized carbons (Fsp3) is 0.0465. The summed E-state index contributed by atoms with van der Waals surface area (Å²) in [5.41, 5.74) is 15.0. The van der Waals surface area contributed by atoms with Gasteiger partial charge in [-0.25, -0.2) is 0 Å². The predicted octanol–water partition coefficient (Wildman–Crippen LogP) is 11.8. The fourth-order valence-corrected chi connectivity index (χ4v) is 7.68. The lowest BCUT2D eigenvalue weighted by molar-refractivity contribution is 1.15. The van der Waals surface area contributed by atoms with E-state index in [9.17, 15) is 0 Å². The molecule has 0 aliphatic heterocycles. The number of rotatable bonds is 3. The van der Waals surface area contributed by atoms with Crippen molar-refractivity contribution in [2.75, 3.05) is 0 Å². The molecule has 8 aromatic rings. The van der Waals surface area contributed by atoms with Gasteiger partial charge in [0.05, 0.1) is 0 Å². The molecule has 0 spiro atoms. The van der Waals surface area contributed by atoms with Crippen LogP contribution in [0.15, 0.2) is 140 Å². The standard InChI is InChI=1S/C43H29N/c1-26-25-38-30(27(2)44-26)19-11-20-31(38)32-23-24-37-41-33(32)21-12-22-36(41)42-39(28-13-5-3-6-14-28)34-17-9-10-18-35(34)40(43(37)42)29-15-7-4-8-16-29/h3-25H,1-2H3. The van der Waals surface area contributed by atoms with Gasteiger partial charge in [-0.2, -0.15) is 0 Å². The third kappa shape index (κ3) is 3.50. The van der Waals surface area contributed by atoms with Crippen LogP contribution in [0, 0.1) is 13.8 Å². The van der Waals surface area contributed by atoms with Crippen LogP contribution < -0.4 is 0 Å². The molecular weight excluding hydrogens is 530 g/mol. The smallest absolute Gasteiger partial charge is 0.0454 e. The van der Waals surface area contributed by atoms with Gasteiger partial charge < -0.3 is 0 Å². The second-order valence-corrected chi connectivity index (χ2v) is 11.9. The van der Waals surface area contributed by atoms with Crippen LogP contribution in [0.1, 0.15) is 11.4 Å². The van der Waals surface area contributed by atoms with Gasteiger partial charge in [0.25, 0.3) is 0 Å². The molecule has 0 saturated carbocycles. The molecule has 1 heteroatoms. The molecule has 0 amide bonds. The van der Waals surface area contributed by atoms with Crippen molar-refractivity contribution in [3.63, 3.8) is 0 Å². The number of aryl methyl sites for hydroxylation is 2. The third-order valence-corrected chi connectivity index (χ3v) is 9.40. The van der Waals surface area contributed by atoms with Gasteiger partial charge in [0.15, 0.2) is 0 Å². The number of fused-ring (bicyclic) bond motifs is 5. The van der Waals surface area contributed by atoms with Crippen molar-refractivity contribution in [1.29, 1.82) is 0 Å². The van der Waals surface area contributed by atoms with Gasteiger partial charge in [0, 0.05) is 16.8 Å². The van der Waals surface area contributed by atoms with E-state index in [1.165, 1.54) is 88.0 Å². The van der Waals surface area contributed by atoms with Crippen molar-refractivity contribution in [2.24, 2.45) is 0 Å². The van der Waals surface area contributed by atoms with E-state index in [4.69, 9.17) is 4.98 Å². The average Bonchev–Trinajstić information content (AvgIpc) is 3.39. The van der Waals surface area contributed by atoms with Crippen molar-refractivity contribution in [2.45, 2.75) is 13.8 Å². The van der Waals surface area contributed by atoms with Crippen LogP contribution in [-0.2, 0) is 0 Å². The number of pyridine rings is 1. The molecule has 7 aromatic carbocycles. The van der Waals surface area contributed by atoms with Gasteiger partial charge in [-0.1, -0.05) is 133 Å². The highest BCUT2D eigenvalue weighted by molar-refractivity contribution is 6.29. The molecule has 9 rings (SSSR count). The van der Waals surface area contributed by atoms with Crippen molar-refractivity contribution >= 4 is 32.3 Å². The van der Waals surface area contributed by atoms with E-state index in [0.29, 0.717) is 0 Å². The highest BCUT2D eigenvalue weighted by Gasteiger charge is 2.31. The Bertz CT molecular complexity index is 2340. The Hall–Kier alpha value is -5.53. The minimum absolute atomic E-state index is 1.05. The molecule has 0 bridgehead atoms. The lowest BCUT2D eigenvalue weighted by atomic mass is 9.82. The highest BCUT2D eigenvalue weighted by Crippen LogP contribution is 2.58. The van der Waals surface area contributed by atoms with Crippen LogP contribution in [0.2, 0.25) is 0 Å². The molecule has 1 aromatic heterocycles. The number of benzene rings is 7. The van der Waals surface area contributed by atoms with E-state index in [2.05, 4.69) is 153 Å². The van der Waals surface area contributed by atoms with Gasteiger partial charge in [0.2, 0.25) is 0 Å². The molecule has 0 atom stereocenters. The molecule has 1 aliphatic carbocycles. The Kier molecular flexibility index (Phi) is 5.39. The Morgan fingerprint density at radius 1 is 0.364 bits per heavy atom. The predicted molar refractivity (Wildman–Crippen MR) is 187 cm³/mol. The maximum Gasteiger partial charge on any atom is 0.0454 e. The number of nitrogens with zero attached hydrogens (tertiary/aromatic N) is 1. The zero-order chi connectivity index (χ0) is 29.4. The number of hydrogen-bond acceptors (Lipinski definition) is 1. The van der Waals surface area contributed by atoms with E-state index >= 15 is 0 Å². The first-order valence-corrected chi connectivity index (χ1v) is 15.3. The van der Waals surface area contributed by atoms with E-state index in [0.717, 1.165) is 11.4 Å².